The minimum absolute atomic E-state index is 0.0442. The van der Waals surface area contributed by atoms with E-state index in [-0.39, 0.29) is 22.9 Å². The second kappa shape index (κ2) is 7.24. The van der Waals surface area contributed by atoms with Crippen molar-refractivity contribution >= 4 is 27.3 Å². The molecule has 3 aromatic carbocycles. The maximum Gasteiger partial charge on any atom is 0.264 e. The first-order chi connectivity index (χ1) is 14.9. The molecule has 0 spiro atoms. The van der Waals surface area contributed by atoms with Crippen LogP contribution in [0.25, 0.3) is 0 Å². The summed E-state index contributed by atoms with van der Waals surface area (Å²) >= 11 is 0. The number of nitrogens with zero attached hydrogens (tertiary/aromatic N) is 2. The van der Waals surface area contributed by atoms with Crippen LogP contribution in [-0.2, 0) is 22.9 Å². The van der Waals surface area contributed by atoms with Gasteiger partial charge in [-0.25, -0.2) is 8.42 Å². The Morgan fingerprint density at radius 2 is 1.48 bits per heavy atom. The second-order valence-electron chi connectivity index (χ2n) is 8.37. The van der Waals surface area contributed by atoms with Crippen LogP contribution in [-0.4, -0.2) is 26.4 Å². The number of rotatable bonds is 3. The molecule has 1 amide bonds. The first kappa shape index (κ1) is 19.8. The highest BCUT2D eigenvalue weighted by Crippen LogP contribution is 2.38. The van der Waals surface area contributed by atoms with E-state index in [1.54, 1.807) is 42.5 Å². The normalized spacial score (nSPS) is 19.9. The van der Waals surface area contributed by atoms with Crippen molar-refractivity contribution in [1.29, 1.82) is 0 Å². The van der Waals surface area contributed by atoms with Gasteiger partial charge < -0.3 is 4.90 Å². The average molecular weight is 433 g/mol. The van der Waals surface area contributed by atoms with E-state index in [2.05, 4.69) is 13.0 Å². The molecule has 0 saturated heterocycles. The third kappa shape index (κ3) is 3.13. The van der Waals surface area contributed by atoms with Crippen LogP contribution in [0.15, 0.2) is 77.7 Å². The molecule has 0 radical (unpaired) electrons. The zero-order valence-electron chi connectivity index (χ0n) is 17.5. The fourth-order valence-electron chi connectivity index (χ4n) is 4.82. The number of anilines is 2. The zero-order chi connectivity index (χ0) is 21.8. The minimum Gasteiger partial charge on any atom is -0.305 e. The van der Waals surface area contributed by atoms with Gasteiger partial charge in [-0.15, -0.1) is 0 Å². The van der Waals surface area contributed by atoms with Gasteiger partial charge in [-0.2, -0.15) is 0 Å². The topological polar surface area (TPSA) is 57.7 Å². The van der Waals surface area contributed by atoms with Crippen molar-refractivity contribution in [3.8, 4) is 0 Å². The van der Waals surface area contributed by atoms with E-state index in [0.717, 1.165) is 17.7 Å². The number of sulfonamides is 1. The highest BCUT2D eigenvalue weighted by molar-refractivity contribution is 7.92. The lowest BCUT2D eigenvalue weighted by molar-refractivity contribution is 0.0981. The number of fused-ring (bicyclic) bond motifs is 2. The van der Waals surface area contributed by atoms with E-state index in [1.165, 1.54) is 9.87 Å². The van der Waals surface area contributed by atoms with Gasteiger partial charge in [0.2, 0.25) is 0 Å². The van der Waals surface area contributed by atoms with Gasteiger partial charge in [0, 0.05) is 23.3 Å². The molecule has 0 fully saturated rings. The first-order valence-corrected chi connectivity index (χ1v) is 12.0. The van der Waals surface area contributed by atoms with Gasteiger partial charge in [-0.3, -0.25) is 9.10 Å². The molecule has 5 rings (SSSR count). The molecule has 0 saturated carbocycles. The zero-order valence-corrected chi connectivity index (χ0v) is 18.3. The lowest BCUT2D eigenvalue weighted by Gasteiger charge is -2.25. The summed E-state index contributed by atoms with van der Waals surface area (Å²) in [6.07, 6.45) is 1.42. The Labute approximate surface area is 183 Å². The highest BCUT2D eigenvalue weighted by atomic mass is 32.2. The fourth-order valence-corrected chi connectivity index (χ4v) is 6.54. The molecule has 31 heavy (non-hydrogen) atoms. The maximum absolute atomic E-state index is 13.4. The minimum atomic E-state index is -3.66. The monoisotopic (exact) mass is 432 g/mol. The standard InChI is InChI=1S/C25H24N2O3S/c1-17-14-19-8-6-7-11-23(19)26(17)25(28)20-12-13-24-21(16-20)15-18(2)27(24)31(29,30)22-9-4-3-5-10-22/h3-13,16-18H,14-15H2,1-2H3. The van der Waals surface area contributed by atoms with Crippen LogP contribution in [0.5, 0.6) is 0 Å². The molecule has 2 aliphatic rings. The van der Waals surface area contributed by atoms with E-state index in [4.69, 9.17) is 0 Å². The number of para-hydroxylation sites is 1. The van der Waals surface area contributed by atoms with Gasteiger partial charge in [0.05, 0.1) is 10.6 Å². The van der Waals surface area contributed by atoms with E-state index in [9.17, 15) is 13.2 Å². The van der Waals surface area contributed by atoms with Crippen molar-refractivity contribution in [3.63, 3.8) is 0 Å². The number of hydrogen-bond acceptors (Lipinski definition) is 3. The quantitative estimate of drug-likeness (QED) is 0.616. The van der Waals surface area contributed by atoms with Gasteiger partial charge >= 0.3 is 0 Å². The first-order valence-electron chi connectivity index (χ1n) is 10.5. The summed E-state index contributed by atoms with van der Waals surface area (Å²) in [5.41, 5.74) is 4.27. The van der Waals surface area contributed by atoms with Crippen LogP contribution < -0.4 is 9.21 Å². The summed E-state index contributed by atoms with van der Waals surface area (Å²) in [5.74, 6) is -0.0442. The van der Waals surface area contributed by atoms with Crippen molar-refractivity contribution in [2.75, 3.05) is 9.21 Å². The summed E-state index contributed by atoms with van der Waals surface area (Å²) in [6.45, 7) is 3.96. The molecule has 2 aliphatic heterocycles. The van der Waals surface area contributed by atoms with Crippen LogP contribution >= 0.6 is 0 Å². The van der Waals surface area contributed by atoms with E-state index < -0.39 is 10.0 Å². The largest absolute Gasteiger partial charge is 0.305 e. The fraction of sp³-hybridized carbons (Fsp3) is 0.240. The highest BCUT2D eigenvalue weighted by Gasteiger charge is 2.37. The van der Waals surface area contributed by atoms with E-state index in [0.29, 0.717) is 17.7 Å². The Kier molecular flexibility index (Phi) is 4.63. The number of carbonyl (C=O) groups is 1. The van der Waals surface area contributed by atoms with Gasteiger partial charge in [0.1, 0.15) is 0 Å². The molecule has 5 nitrogen and oxygen atoms in total. The molecule has 0 N–H and O–H groups in total. The van der Waals surface area contributed by atoms with Crippen molar-refractivity contribution in [3.05, 3.63) is 89.5 Å². The maximum atomic E-state index is 13.4. The summed E-state index contributed by atoms with van der Waals surface area (Å²) in [5, 5.41) is 0. The molecule has 158 valence electrons. The summed E-state index contributed by atoms with van der Waals surface area (Å²) in [4.78, 5) is 15.5. The lowest BCUT2D eigenvalue weighted by Crippen LogP contribution is -2.36. The summed E-state index contributed by atoms with van der Waals surface area (Å²) in [7, 11) is -3.66. The van der Waals surface area contributed by atoms with Crippen LogP contribution in [0.3, 0.4) is 0 Å². The van der Waals surface area contributed by atoms with Gasteiger partial charge in [-0.05, 0) is 74.2 Å². The Morgan fingerprint density at radius 1 is 0.806 bits per heavy atom. The van der Waals surface area contributed by atoms with Crippen LogP contribution in [0.4, 0.5) is 11.4 Å². The van der Waals surface area contributed by atoms with Gasteiger partial charge in [-0.1, -0.05) is 36.4 Å². The number of carbonyl (C=O) groups excluding carboxylic acids is 1. The van der Waals surface area contributed by atoms with Gasteiger partial charge in [0.15, 0.2) is 0 Å². The van der Waals surface area contributed by atoms with Crippen LogP contribution in [0, 0.1) is 0 Å². The SMILES string of the molecule is CC1Cc2ccccc2N1C(=O)c1ccc2c(c1)CC(C)N2S(=O)(=O)c1ccccc1. The number of hydrogen-bond donors (Lipinski definition) is 0. The third-order valence-corrected chi connectivity index (χ3v) is 8.15. The summed E-state index contributed by atoms with van der Waals surface area (Å²) < 4.78 is 28.0. The Hall–Kier alpha value is -3.12. The molecular formula is C25H24N2O3S. The van der Waals surface area contributed by atoms with E-state index >= 15 is 0 Å². The second-order valence-corrected chi connectivity index (χ2v) is 10.2. The molecular weight excluding hydrogens is 408 g/mol. The molecule has 0 aromatic heterocycles. The van der Waals surface area contributed by atoms with Crippen LogP contribution in [0.1, 0.15) is 35.3 Å². The average Bonchev–Trinajstić information content (AvgIpc) is 3.28. The molecule has 0 aliphatic carbocycles. The smallest absolute Gasteiger partial charge is 0.264 e. The number of amides is 1. The molecule has 2 atom stereocenters. The van der Waals surface area contributed by atoms with Crippen molar-refractivity contribution < 1.29 is 13.2 Å². The molecule has 2 heterocycles. The lowest BCUT2D eigenvalue weighted by atomic mass is 10.1. The summed E-state index contributed by atoms with van der Waals surface area (Å²) in [6, 6.07) is 21.8. The Balaban J connectivity index is 1.50. The Bertz CT molecular complexity index is 1270. The molecule has 3 aromatic rings. The van der Waals surface area contributed by atoms with Crippen LogP contribution in [0.2, 0.25) is 0 Å². The predicted molar refractivity (Wildman–Crippen MR) is 122 cm³/mol. The Morgan fingerprint density at radius 3 is 2.26 bits per heavy atom. The van der Waals surface area contributed by atoms with E-state index in [1.807, 2.05) is 36.1 Å². The van der Waals surface area contributed by atoms with Gasteiger partial charge in [0.25, 0.3) is 15.9 Å². The molecule has 0 bridgehead atoms. The van der Waals surface area contributed by atoms with Crippen molar-refractivity contribution in [2.45, 2.75) is 43.7 Å². The molecule has 6 heteroatoms. The number of benzene rings is 3. The van der Waals surface area contributed by atoms with Crippen molar-refractivity contribution in [1.82, 2.24) is 0 Å². The van der Waals surface area contributed by atoms with Crippen molar-refractivity contribution in [2.24, 2.45) is 0 Å². The predicted octanol–water partition coefficient (Wildman–Crippen LogP) is 4.42. The third-order valence-electron chi connectivity index (χ3n) is 6.21. The molecule has 2 unspecified atom stereocenters.